The number of nitrogens with zero attached hydrogens (tertiary/aromatic N) is 2. The molecule has 0 atom stereocenters. The summed E-state index contributed by atoms with van der Waals surface area (Å²) in [6, 6.07) is 19.7. The second-order valence-corrected chi connectivity index (χ2v) is 8.74. The van der Waals surface area contributed by atoms with Gasteiger partial charge in [-0.05, 0) is 71.8 Å². The molecular formula is C26H17BrFN3O3. The molecule has 2 heterocycles. The van der Waals surface area contributed by atoms with E-state index in [1.54, 1.807) is 36.4 Å². The van der Waals surface area contributed by atoms with Gasteiger partial charge in [0, 0.05) is 28.1 Å². The fourth-order valence-corrected chi connectivity index (χ4v) is 4.19. The molecule has 4 amide bonds. The number of carbonyl (C=O) groups excluding carboxylic acids is 3. The molecule has 0 radical (unpaired) electrons. The molecule has 0 unspecified atom stereocenters. The molecule has 5 rings (SSSR count). The highest BCUT2D eigenvalue weighted by molar-refractivity contribution is 9.10. The fourth-order valence-electron chi connectivity index (χ4n) is 3.93. The highest BCUT2D eigenvalue weighted by Gasteiger charge is 2.36. The number of benzene rings is 3. The number of fused-ring (bicyclic) bond motifs is 1. The highest BCUT2D eigenvalue weighted by Crippen LogP contribution is 2.25. The Bertz CT molecular complexity index is 1490. The lowest BCUT2D eigenvalue weighted by Crippen LogP contribution is -2.54. The number of imide groups is 2. The zero-order valence-electron chi connectivity index (χ0n) is 17.7. The Morgan fingerprint density at radius 1 is 0.941 bits per heavy atom. The smallest absolute Gasteiger partial charge is 0.335 e. The van der Waals surface area contributed by atoms with Crippen LogP contribution in [0.25, 0.3) is 17.0 Å². The molecule has 1 saturated heterocycles. The maximum atomic E-state index is 13.5. The average Bonchev–Trinajstić information content (AvgIpc) is 3.20. The minimum Gasteiger partial charge on any atom is -0.343 e. The summed E-state index contributed by atoms with van der Waals surface area (Å²) in [4.78, 5) is 38.8. The van der Waals surface area contributed by atoms with Gasteiger partial charge in [-0.1, -0.05) is 34.1 Å². The molecule has 3 aromatic carbocycles. The van der Waals surface area contributed by atoms with Crippen molar-refractivity contribution in [2.75, 3.05) is 4.90 Å². The molecular weight excluding hydrogens is 501 g/mol. The van der Waals surface area contributed by atoms with Crippen LogP contribution in [-0.2, 0) is 16.1 Å². The zero-order valence-corrected chi connectivity index (χ0v) is 19.3. The van der Waals surface area contributed by atoms with Crippen LogP contribution in [0.15, 0.2) is 89.0 Å². The summed E-state index contributed by atoms with van der Waals surface area (Å²) in [5, 5.41) is 3.13. The van der Waals surface area contributed by atoms with E-state index in [1.165, 1.54) is 18.2 Å². The van der Waals surface area contributed by atoms with Crippen molar-refractivity contribution in [1.29, 1.82) is 0 Å². The first-order chi connectivity index (χ1) is 16.4. The number of urea groups is 1. The number of barbiturate groups is 1. The summed E-state index contributed by atoms with van der Waals surface area (Å²) in [5.41, 5.74) is 2.62. The molecule has 0 saturated carbocycles. The highest BCUT2D eigenvalue weighted by atomic mass is 79.9. The maximum absolute atomic E-state index is 13.5. The van der Waals surface area contributed by atoms with Gasteiger partial charge in [0.15, 0.2) is 0 Å². The van der Waals surface area contributed by atoms with Crippen LogP contribution in [0.4, 0.5) is 14.9 Å². The molecule has 1 aromatic heterocycles. The van der Waals surface area contributed by atoms with Crippen LogP contribution in [0.3, 0.4) is 0 Å². The predicted octanol–water partition coefficient (Wildman–Crippen LogP) is 5.26. The van der Waals surface area contributed by atoms with E-state index in [4.69, 9.17) is 0 Å². The van der Waals surface area contributed by atoms with Gasteiger partial charge in [-0.25, -0.2) is 14.1 Å². The van der Waals surface area contributed by atoms with E-state index >= 15 is 0 Å². The van der Waals surface area contributed by atoms with Gasteiger partial charge < -0.3 is 4.57 Å². The lowest BCUT2D eigenvalue weighted by Gasteiger charge is -2.26. The number of carbonyl (C=O) groups is 3. The monoisotopic (exact) mass is 517 g/mol. The number of nitrogens with one attached hydrogen (secondary N) is 1. The SMILES string of the molecule is O=C1NC(=O)N(c2ccc(Br)cc2)C(=O)/C1=C\c1ccc2c(ccn2Cc2cccc(F)c2)c1. The predicted molar refractivity (Wildman–Crippen MR) is 131 cm³/mol. The second-order valence-electron chi connectivity index (χ2n) is 7.83. The Morgan fingerprint density at radius 3 is 2.50 bits per heavy atom. The van der Waals surface area contributed by atoms with Crippen LogP contribution >= 0.6 is 15.9 Å². The standard InChI is InChI=1S/C26H17BrFN3O3/c27-19-5-7-21(8-6-19)31-25(33)22(24(32)29-26(31)34)14-16-4-9-23-18(12-16)10-11-30(23)15-17-2-1-3-20(28)13-17/h1-14H,15H2,(H,29,32,34)/b22-14-. The van der Waals surface area contributed by atoms with E-state index in [0.29, 0.717) is 17.8 Å². The van der Waals surface area contributed by atoms with E-state index in [-0.39, 0.29) is 11.4 Å². The molecule has 1 fully saturated rings. The summed E-state index contributed by atoms with van der Waals surface area (Å²) in [6.45, 7) is 0.507. The van der Waals surface area contributed by atoms with Crippen molar-refractivity contribution in [2.24, 2.45) is 0 Å². The number of aromatic nitrogens is 1. The van der Waals surface area contributed by atoms with Crippen LogP contribution < -0.4 is 10.2 Å². The van der Waals surface area contributed by atoms with Gasteiger partial charge in [0.05, 0.1) is 5.69 Å². The topological polar surface area (TPSA) is 71.4 Å². The number of rotatable bonds is 4. The van der Waals surface area contributed by atoms with Crippen LogP contribution in [-0.4, -0.2) is 22.4 Å². The number of anilines is 1. The molecule has 1 aliphatic rings. The summed E-state index contributed by atoms with van der Waals surface area (Å²) < 4.78 is 16.3. The lowest BCUT2D eigenvalue weighted by molar-refractivity contribution is -0.122. The average molecular weight is 518 g/mol. The molecule has 4 aromatic rings. The van der Waals surface area contributed by atoms with E-state index < -0.39 is 17.8 Å². The molecule has 6 nitrogen and oxygen atoms in total. The third-order valence-corrected chi connectivity index (χ3v) is 6.06. The summed E-state index contributed by atoms with van der Waals surface area (Å²) in [6.07, 6.45) is 3.37. The van der Waals surface area contributed by atoms with Gasteiger partial charge >= 0.3 is 6.03 Å². The molecule has 0 bridgehead atoms. The summed E-state index contributed by atoms with van der Waals surface area (Å²) in [5.74, 6) is -1.72. The van der Waals surface area contributed by atoms with Gasteiger partial charge in [-0.2, -0.15) is 0 Å². The maximum Gasteiger partial charge on any atom is 0.335 e. The minimum absolute atomic E-state index is 0.138. The quantitative estimate of drug-likeness (QED) is 0.296. The minimum atomic E-state index is -0.792. The Kier molecular flexibility index (Phi) is 5.59. The lowest BCUT2D eigenvalue weighted by atomic mass is 10.1. The van der Waals surface area contributed by atoms with Crippen LogP contribution in [0.1, 0.15) is 11.1 Å². The molecule has 1 aliphatic heterocycles. The van der Waals surface area contributed by atoms with Gasteiger partial charge in [-0.15, -0.1) is 0 Å². The molecule has 168 valence electrons. The Morgan fingerprint density at radius 2 is 1.74 bits per heavy atom. The van der Waals surface area contributed by atoms with Crippen molar-refractivity contribution < 1.29 is 18.8 Å². The van der Waals surface area contributed by atoms with Gasteiger partial charge in [0.25, 0.3) is 11.8 Å². The molecule has 0 aliphatic carbocycles. The van der Waals surface area contributed by atoms with E-state index in [2.05, 4.69) is 21.2 Å². The largest absolute Gasteiger partial charge is 0.343 e. The van der Waals surface area contributed by atoms with E-state index in [0.717, 1.165) is 25.8 Å². The van der Waals surface area contributed by atoms with Gasteiger partial charge in [0.1, 0.15) is 11.4 Å². The zero-order chi connectivity index (χ0) is 23.8. The number of amides is 4. The number of hydrogen-bond donors (Lipinski definition) is 1. The third-order valence-electron chi connectivity index (χ3n) is 5.53. The van der Waals surface area contributed by atoms with Gasteiger partial charge in [-0.3, -0.25) is 14.9 Å². The Hall–Kier alpha value is -4.04. The van der Waals surface area contributed by atoms with Crippen molar-refractivity contribution in [2.45, 2.75) is 6.54 Å². The summed E-state index contributed by atoms with van der Waals surface area (Å²) in [7, 11) is 0. The van der Waals surface area contributed by atoms with Crippen molar-refractivity contribution >= 4 is 56.4 Å². The van der Waals surface area contributed by atoms with Crippen LogP contribution in [0.2, 0.25) is 0 Å². The van der Waals surface area contributed by atoms with Crippen LogP contribution in [0, 0.1) is 5.82 Å². The van der Waals surface area contributed by atoms with Crippen LogP contribution in [0.5, 0.6) is 0 Å². The third kappa shape index (κ3) is 4.15. The van der Waals surface area contributed by atoms with E-state index in [1.807, 2.05) is 35.0 Å². The molecule has 8 heteroatoms. The first-order valence-electron chi connectivity index (χ1n) is 10.4. The normalized spacial score (nSPS) is 15.3. The van der Waals surface area contributed by atoms with Gasteiger partial charge in [0.2, 0.25) is 0 Å². The second kappa shape index (κ2) is 8.72. The number of hydrogen-bond acceptors (Lipinski definition) is 3. The molecule has 34 heavy (non-hydrogen) atoms. The molecule has 0 spiro atoms. The van der Waals surface area contributed by atoms with Crippen molar-refractivity contribution in [3.05, 3.63) is 106 Å². The van der Waals surface area contributed by atoms with E-state index in [9.17, 15) is 18.8 Å². The fraction of sp³-hybridized carbons (Fsp3) is 0.0385. The summed E-state index contributed by atoms with van der Waals surface area (Å²) >= 11 is 3.32. The number of halogens is 2. The van der Waals surface area contributed by atoms with Crippen molar-refractivity contribution in [1.82, 2.24) is 9.88 Å². The Balaban J connectivity index is 1.45. The Labute approximate surface area is 202 Å². The van der Waals surface area contributed by atoms with Crippen molar-refractivity contribution in [3.63, 3.8) is 0 Å². The molecule has 1 N–H and O–H groups in total. The van der Waals surface area contributed by atoms with Crippen molar-refractivity contribution in [3.8, 4) is 0 Å². The first kappa shape index (κ1) is 21.8. The first-order valence-corrected chi connectivity index (χ1v) is 11.2.